The van der Waals surface area contributed by atoms with Crippen LogP contribution >= 0.6 is 12.4 Å². The van der Waals surface area contributed by atoms with Crippen LogP contribution in [0.1, 0.15) is 57.8 Å². The van der Waals surface area contributed by atoms with Crippen molar-refractivity contribution in [1.82, 2.24) is 9.21 Å². The molecule has 152 valence electrons. The Kier molecular flexibility index (Phi) is 8.19. The molecule has 2 N–H and O–H groups in total. The monoisotopic (exact) mass is 407 g/mol. The van der Waals surface area contributed by atoms with Gasteiger partial charge in [-0.25, -0.2) is 12.7 Å². The van der Waals surface area contributed by atoms with Crippen molar-refractivity contribution in [3.05, 3.63) is 0 Å². The number of nitrogens with zero attached hydrogens (tertiary/aromatic N) is 2. The van der Waals surface area contributed by atoms with Gasteiger partial charge in [0.2, 0.25) is 15.9 Å². The number of rotatable bonds is 5. The van der Waals surface area contributed by atoms with Gasteiger partial charge in [0.05, 0.1) is 5.25 Å². The molecule has 1 aliphatic carbocycles. The molecule has 0 spiro atoms. The quantitative estimate of drug-likeness (QED) is 0.755. The summed E-state index contributed by atoms with van der Waals surface area (Å²) in [5.41, 5.74) is 5.66. The third-order valence-electron chi connectivity index (χ3n) is 6.23. The summed E-state index contributed by atoms with van der Waals surface area (Å²) < 4.78 is 28.0. The maximum absolute atomic E-state index is 13.1. The van der Waals surface area contributed by atoms with Crippen LogP contribution in [0.2, 0.25) is 0 Å². The zero-order valence-corrected chi connectivity index (χ0v) is 17.3. The summed E-state index contributed by atoms with van der Waals surface area (Å²) >= 11 is 0. The summed E-state index contributed by atoms with van der Waals surface area (Å²) in [5.74, 6) is 0.704. The van der Waals surface area contributed by atoms with Crippen LogP contribution in [0.5, 0.6) is 0 Å². The molecule has 0 aromatic rings. The van der Waals surface area contributed by atoms with Crippen molar-refractivity contribution in [1.29, 1.82) is 0 Å². The van der Waals surface area contributed by atoms with Gasteiger partial charge in [0.1, 0.15) is 0 Å². The molecule has 2 heterocycles. The molecule has 2 saturated heterocycles. The van der Waals surface area contributed by atoms with E-state index in [0.29, 0.717) is 38.5 Å². The molecule has 8 heteroatoms. The van der Waals surface area contributed by atoms with E-state index in [1.54, 1.807) is 4.31 Å². The Bertz CT molecular complexity index is 564. The Morgan fingerprint density at radius 3 is 2.35 bits per heavy atom. The Labute approximate surface area is 164 Å². The molecule has 3 rings (SSSR count). The van der Waals surface area contributed by atoms with Crippen LogP contribution < -0.4 is 5.73 Å². The van der Waals surface area contributed by atoms with E-state index < -0.39 is 15.3 Å². The van der Waals surface area contributed by atoms with Crippen LogP contribution in [0, 0.1) is 11.8 Å². The molecule has 0 aromatic heterocycles. The first-order valence-electron chi connectivity index (χ1n) is 10.00. The molecule has 6 nitrogen and oxygen atoms in total. The summed E-state index contributed by atoms with van der Waals surface area (Å²) in [4.78, 5) is 14.5. The molecule has 2 atom stereocenters. The smallest absolute Gasteiger partial charge is 0.225 e. The van der Waals surface area contributed by atoms with Crippen molar-refractivity contribution in [3.8, 4) is 0 Å². The van der Waals surface area contributed by atoms with Crippen molar-refractivity contribution in [2.45, 2.75) is 63.0 Å². The summed E-state index contributed by atoms with van der Waals surface area (Å²) in [7, 11) is -3.33. The lowest BCUT2D eigenvalue weighted by atomic mass is 9.96. The van der Waals surface area contributed by atoms with E-state index in [1.165, 1.54) is 0 Å². The number of carbonyl (C=O) groups excluding carboxylic acids is 1. The van der Waals surface area contributed by atoms with Gasteiger partial charge in [0, 0.05) is 32.1 Å². The molecule has 26 heavy (non-hydrogen) atoms. The first-order chi connectivity index (χ1) is 12.0. The normalized spacial score (nSPS) is 28.7. The average molecular weight is 408 g/mol. The number of carbonyl (C=O) groups is 1. The maximum atomic E-state index is 13.1. The fraction of sp³-hybridized carbons (Fsp3) is 0.944. The molecule has 0 bridgehead atoms. The van der Waals surface area contributed by atoms with Gasteiger partial charge in [-0.1, -0.05) is 12.8 Å². The molecular formula is C18H34ClN3O3S. The highest BCUT2D eigenvalue weighted by Gasteiger charge is 2.39. The number of nitrogens with two attached hydrogens (primary N) is 1. The van der Waals surface area contributed by atoms with E-state index >= 15 is 0 Å². The van der Waals surface area contributed by atoms with Crippen LogP contribution in [0.3, 0.4) is 0 Å². The number of hydrogen-bond donors (Lipinski definition) is 1. The van der Waals surface area contributed by atoms with Gasteiger partial charge in [0.15, 0.2) is 0 Å². The topological polar surface area (TPSA) is 83.7 Å². The molecule has 0 radical (unpaired) electrons. The van der Waals surface area contributed by atoms with Gasteiger partial charge in [-0.15, -0.1) is 12.4 Å². The lowest BCUT2D eigenvalue weighted by Gasteiger charge is -2.38. The largest absolute Gasteiger partial charge is 0.341 e. The highest BCUT2D eigenvalue weighted by molar-refractivity contribution is 7.89. The Hall–Kier alpha value is -0.370. The number of hydrogen-bond acceptors (Lipinski definition) is 4. The molecular weight excluding hydrogens is 374 g/mol. The maximum Gasteiger partial charge on any atom is 0.225 e. The average Bonchev–Trinajstić information content (AvgIpc) is 3.16. The van der Waals surface area contributed by atoms with Crippen molar-refractivity contribution in [3.63, 3.8) is 0 Å². The number of piperidine rings is 2. The minimum absolute atomic E-state index is 0. The lowest BCUT2D eigenvalue weighted by Crippen LogP contribution is -2.52. The minimum atomic E-state index is -3.33. The zero-order chi connectivity index (χ0) is 17.9. The predicted molar refractivity (Wildman–Crippen MR) is 106 cm³/mol. The third kappa shape index (κ3) is 4.91. The van der Waals surface area contributed by atoms with Crippen molar-refractivity contribution in [2.75, 3.05) is 32.7 Å². The SMILES string of the molecule is Cl.NCCC1CCCN(S(=O)(=O)C2CCCN(C(=O)C3CCCC3)C2)C1. The molecule has 3 aliphatic rings. The molecule has 1 amide bonds. The van der Waals surface area contributed by atoms with Crippen LogP contribution in [0.4, 0.5) is 0 Å². The minimum Gasteiger partial charge on any atom is -0.341 e. The Balaban J connectivity index is 0.00000243. The van der Waals surface area contributed by atoms with Gasteiger partial charge >= 0.3 is 0 Å². The first kappa shape index (κ1) is 21.9. The summed E-state index contributed by atoms with van der Waals surface area (Å²) in [6, 6.07) is 0. The van der Waals surface area contributed by atoms with Crippen LogP contribution in [0.15, 0.2) is 0 Å². The molecule has 2 aliphatic heterocycles. The van der Waals surface area contributed by atoms with E-state index in [4.69, 9.17) is 5.73 Å². The first-order valence-corrected chi connectivity index (χ1v) is 11.5. The number of likely N-dealkylation sites (tertiary alicyclic amines) is 1. The van der Waals surface area contributed by atoms with Crippen LogP contribution in [-0.2, 0) is 14.8 Å². The number of sulfonamides is 1. The summed E-state index contributed by atoms with van der Waals surface area (Å²) in [6.45, 7) is 2.95. The van der Waals surface area contributed by atoms with Gasteiger partial charge in [-0.05, 0) is 57.4 Å². The third-order valence-corrected chi connectivity index (χ3v) is 8.51. The van der Waals surface area contributed by atoms with Gasteiger partial charge in [-0.3, -0.25) is 4.79 Å². The molecule has 3 fully saturated rings. The van der Waals surface area contributed by atoms with Gasteiger partial charge < -0.3 is 10.6 Å². The second-order valence-corrected chi connectivity index (χ2v) is 10.2. The predicted octanol–water partition coefficient (Wildman–Crippen LogP) is 1.98. The second kappa shape index (κ2) is 9.71. The summed E-state index contributed by atoms with van der Waals surface area (Å²) in [6.07, 6.45) is 8.55. The van der Waals surface area contributed by atoms with E-state index in [9.17, 15) is 13.2 Å². The van der Waals surface area contributed by atoms with Crippen molar-refractivity contribution >= 4 is 28.3 Å². The van der Waals surface area contributed by atoms with Gasteiger partial charge in [-0.2, -0.15) is 0 Å². The number of amides is 1. The van der Waals surface area contributed by atoms with E-state index in [2.05, 4.69) is 0 Å². The molecule has 2 unspecified atom stereocenters. The summed E-state index contributed by atoms with van der Waals surface area (Å²) in [5, 5.41) is -0.428. The number of halogens is 1. The van der Waals surface area contributed by atoms with Gasteiger partial charge in [0.25, 0.3) is 0 Å². The molecule has 0 aromatic carbocycles. The van der Waals surface area contributed by atoms with E-state index in [-0.39, 0.29) is 24.2 Å². The molecule has 1 saturated carbocycles. The van der Waals surface area contributed by atoms with Crippen molar-refractivity contribution in [2.24, 2.45) is 17.6 Å². The van der Waals surface area contributed by atoms with E-state index in [1.807, 2.05) is 4.90 Å². The zero-order valence-electron chi connectivity index (χ0n) is 15.6. The van der Waals surface area contributed by atoms with Crippen molar-refractivity contribution < 1.29 is 13.2 Å². The fourth-order valence-electron chi connectivity index (χ4n) is 4.75. The lowest BCUT2D eigenvalue weighted by molar-refractivity contribution is -0.136. The Morgan fingerprint density at radius 2 is 1.65 bits per heavy atom. The fourth-order valence-corrected chi connectivity index (χ4v) is 6.81. The highest BCUT2D eigenvalue weighted by Crippen LogP contribution is 2.30. The highest BCUT2D eigenvalue weighted by atomic mass is 35.5. The van der Waals surface area contributed by atoms with Crippen LogP contribution in [0.25, 0.3) is 0 Å². The van der Waals surface area contributed by atoms with Crippen LogP contribution in [-0.4, -0.2) is 61.5 Å². The van der Waals surface area contributed by atoms with E-state index in [0.717, 1.165) is 57.9 Å². The standard InChI is InChI=1S/C18H33N3O3S.ClH/c19-10-9-15-5-3-12-21(13-15)25(23,24)17-8-4-11-20(14-17)18(22)16-6-1-2-7-16;/h15-17H,1-14,19H2;1H. The second-order valence-electron chi connectivity index (χ2n) is 8.02. The Morgan fingerprint density at radius 1 is 0.962 bits per heavy atom.